The summed E-state index contributed by atoms with van der Waals surface area (Å²) in [5.41, 5.74) is 3.35. The Morgan fingerprint density at radius 1 is 1.05 bits per heavy atom. The number of thioether (sulfide) groups is 1. The molecular formula is C18H18O2S. The molecule has 0 bridgehead atoms. The maximum absolute atomic E-state index is 10.8. The molecule has 1 N–H and O–H groups in total. The second kappa shape index (κ2) is 7.70. The fourth-order valence-electron chi connectivity index (χ4n) is 1.93. The SMILES string of the molecule is CC(=O)SCCC=Cc1ccc(-c2ccc(O)cc2)cc1. The van der Waals surface area contributed by atoms with Crippen LogP contribution in [0.3, 0.4) is 0 Å². The first-order valence-electron chi connectivity index (χ1n) is 6.84. The van der Waals surface area contributed by atoms with Crippen molar-refractivity contribution in [3.05, 3.63) is 60.2 Å². The molecule has 21 heavy (non-hydrogen) atoms. The number of phenols is 1. The Bertz CT molecular complexity index is 613. The summed E-state index contributed by atoms with van der Waals surface area (Å²) in [5, 5.41) is 9.46. The first-order valence-corrected chi connectivity index (χ1v) is 7.83. The third-order valence-corrected chi connectivity index (χ3v) is 3.86. The van der Waals surface area contributed by atoms with Crippen LogP contribution in [0.2, 0.25) is 0 Å². The minimum Gasteiger partial charge on any atom is -0.508 e. The van der Waals surface area contributed by atoms with E-state index in [0.717, 1.165) is 28.9 Å². The summed E-state index contributed by atoms with van der Waals surface area (Å²) in [6, 6.07) is 15.4. The maximum atomic E-state index is 10.8. The second-order valence-corrected chi connectivity index (χ2v) is 5.97. The monoisotopic (exact) mass is 298 g/mol. The normalized spacial score (nSPS) is 10.9. The minimum atomic E-state index is 0.168. The molecule has 0 spiro atoms. The third kappa shape index (κ3) is 5.12. The highest BCUT2D eigenvalue weighted by Gasteiger charge is 1.97. The Kier molecular flexibility index (Phi) is 5.64. The average molecular weight is 298 g/mol. The number of hydrogen-bond acceptors (Lipinski definition) is 3. The zero-order valence-electron chi connectivity index (χ0n) is 12.0. The van der Waals surface area contributed by atoms with E-state index in [9.17, 15) is 9.90 Å². The van der Waals surface area contributed by atoms with Crippen molar-refractivity contribution in [3.63, 3.8) is 0 Å². The zero-order valence-corrected chi connectivity index (χ0v) is 12.8. The van der Waals surface area contributed by atoms with Gasteiger partial charge in [-0.1, -0.05) is 60.3 Å². The highest BCUT2D eigenvalue weighted by atomic mass is 32.2. The van der Waals surface area contributed by atoms with Gasteiger partial charge in [0.05, 0.1) is 0 Å². The van der Waals surface area contributed by atoms with Crippen LogP contribution in [0.5, 0.6) is 5.75 Å². The second-order valence-electron chi connectivity index (χ2n) is 4.70. The lowest BCUT2D eigenvalue weighted by molar-refractivity contribution is -0.109. The van der Waals surface area contributed by atoms with E-state index >= 15 is 0 Å². The number of benzene rings is 2. The van der Waals surface area contributed by atoms with Crippen molar-refractivity contribution >= 4 is 23.0 Å². The lowest BCUT2D eigenvalue weighted by atomic mass is 10.0. The summed E-state index contributed by atoms with van der Waals surface area (Å²) in [6.07, 6.45) is 5.05. The van der Waals surface area contributed by atoms with E-state index in [1.807, 2.05) is 12.1 Å². The van der Waals surface area contributed by atoms with Crippen molar-refractivity contribution in [2.45, 2.75) is 13.3 Å². The molecule has 2 aromatic rings. The molecular weight excluding hydrogens is 280 g/mol. The molecule has 2 nitrogen and oxygen atoms in total. The number of phenolic OH excluding ortho intramolecular Hbond substituents is 1. The lowest BCUT2D eigenvalue weighted by Gasteiger charge is -2.02. The average Bonchev–Trinajstić information content (AvgIpc) is 2.48. The van der Waals surface area contributed by atoms with Crippen LogP contribution in [0.15, 0.2) is 54.6 Å². The van der Waals surface area contributed by atoms with Crippen molar-refractivity contribution in [1.82, 2.24) is 0 Å². The van der Waals surface area contributed by atoms with Gasteiger partial charge in [0.2, 0.25) is 0 Å². The molecule has 0 saturated carbocycles. The van der Waals surface area contributed by atoms with Gasteiger partial charge in [-0.25, -0.2) is 0 Å². The van der Waals surface area contributed by atoms with Gasteiger partial charge in [-0.15, -0.1) is 0 Å². The highest BCUT2D eigenvalue weighted by Crippen LogP contribution is 2.22. The molecule has 2 aromatic carbocycles. The molecule has 0 aliphatic rings. The van der Waals surface area contributed by atoms with Crippen LogP contribution in [0, 0.1) is 0 Å². The summed E-state index contributed by atoms with van der Waals surface area (Å²) >= 11 is 1.36. The van der Waals surface area contributed by atoms with Crippen molar-refractivity contribution in [2.24, 2.45) is 0 Å². The Morgan fingerprint density at radius 2 is 1.62 bits per heavy atom. The smallest absolute Gasteiger partial charge is 0.185 e. The number of aromatic hydroxyl groups is 1. The van der Waals surface area contributed by atoms with Crippen molar-refractivity contribution in [2.75, 3.05) is 5.75 Å². The fraction of sp³-hybridized carbons (Fsp3) is 0.167. The van der Waals surface area contributed by atoms with Crippen LogP contribution in [-0.2, 0) is 4.79 Å². The Morgan fingerprint density at radius 3 is 2.19 bits per heavy atom. The summed E-state index contributed by atoms with van der Waals surface area (Å²) in [6.45, 7) is 1.59. The Labute approximate surface area is 129 Å². The number of carbonyl (C=O) groups excluding carboxylic acids is 1. The molecule has 3 heteroatoms. The van der Waals surface area contributed by atoms with E-state index in [1.165, 1.54) is 11.8 Å². The molecule has 0 unspecified atom stereocenters. The van der Waals surface area contributed by atoms with Gasteiger partial charge in [0.25, 0.3) is 0 Å². The van der Waals surface area contributed by atoms with Crippen LogP contribution in [0.4, 0.5) is 0 Å². The summed E-state index contributed by atoms with van der Waals surface area (Å²) < 4.78 is 0. The fourth-order valence-corrected chi connectivity index (χ4v) is 2.47. The third-order valence-electron chi connectivity index (χ3n) is 3.01. The minimum absolute atomic E-state index is 0.168. The van der Waals surface area contributed by atoms with Crippen molar-refractivity contribution in [3.8, 4) is 16.9 Å². The van der Waals surface area contributed by atoms with E-state index in [0.29, 0.717) is 0 Å². The predicted molar refractivity (Wildman–Crippen MR) is 90.3 cm³/mol. The number of carbonyl (C=O) groups is 1. The topological polar surface area (TPSA) is 37.3 Å². The molecule has 0 aromatic heterocycles. The van der Waals surface area contributed by atoms with Crippen LogP contribution in [0.25, 0.3) is 17.2 Å². The van der Waals surface area contributed by atoms with Gasteiger partial charge in [0.15, 0.2) is 5.12 Å². The van der Waals surface area contributed by atoms with E-state index in [2.05, 4.69) is 36.4 Å². The van der Waals surface area contributed by atoms with Gasteiger partial charge in [-0.3, -0.25) is 4.79 Å². The van der Waals surface area contributed by atoms with Gasteiger partial charge >= 0.3 is 0 Å². The van der Waals surface area contributed by atoms with E-state index in [4.69, 9.17) is 0 Å². The molecule has 0 radical (unpaired) electrons. The molecule has 0 saturated heterocycles. The van der Waals surface area contributed by atoms with Gasteiger partial charge in [0, 0.05) is 12.7 Å². The van der Waals surface area contributed by atoms with E-state index < -0.39 is 0 Å². The number of allylic oxidation sites excluding steroid dienone is 1. The van der Waals surface area contributed by atoms with Crippen LogP contribution in [0.1, 0.15) is 18.9 Å². The van der Waals surface area contributed by atoms with E-state index in [1.54, 1.807) is 19.1 Å². The first kappa shape index (κ1) is 15.4. The molecule has 0 atom stereocenters. The quantitative estimate of drug-likeness (QED) is 0.810. The molecule has 0 heterocycles. The van der Waals surface area contributed by atoms with Gasteiger partial charge < -0.3 is 5.11 Å². The first-order chi connectivity index (χ1) is 10.1. The highest BCUT2D eigenvalue weighted by molar-refractivity contribution is 8.13. The summed E-state index contributed by atoms with van der Waals surface area (Å²) in [4.78, 5) is 10.8. The van der Waals surface area contributed by atoms with Crippen LogP contribution < -0.4 is 0 Å². The number of rotatable bonds is 5. The Hall–Kier alpha value is -2.00. The molecule has 0 aliphatic carbocycles. The van der Waals surface area contributed by atoms with Crippen molar-refractivity contribution < 1.29 is 9.90 Å². The number of hydrogen-bond donors (Lipinski definition) is 1. The maximum Gasteiger partial charge on any atom is 0.185 e. The van der Waals surface area contributed by atoms with Gasteiger partial charge in [0.1, 0.15) is 5.75 Å². The summed E-state index contributed by atoms with van der Waals surface area (Å²) in [7, 11) is 0. The predicted octanol–water partition coefficient (Wildman–Crippen LogP) is 4.74. The molecule has 2 rings (SSSR count). The lowest BCUT2D eigenvalue weighted by Crippen LogP contribution is -1.83. The zero-order chi connectivity index (χ0) is 15.1. The molecule has 0 fully saturated rings. The molecule has 0 aliphatic heterocycles. The molecule has 108 valence electrons. The van der Waals surface area contributed by atoms with E-state index in [-0.39, 0.29) is 10.9 Å². The molecule has 0 amide bonds. The van der Waals surface area contributed by atoms with Gasteiger partial charge in [-0.2, -0.15) is 0 Å². The van der Waals surface area contributed by atoms with Crippen LogP contribution >= 0.6 is 11.8 Å². The van der Waals surface area contributed by atoms with Gasteiger partial charge in [-0.05, 0) is 35.2 Å². The van der Waals surface area contributed by atoms with Crippen LogP contribution in [-0.4, -0.2) is 16.0 Å². The van der Waals surface area contributed by atoms with Crippen molar-refractivity contribution in [1.29, 1.82) is 0 Å². The standard InChI is InChI=1S/C18H18O2S/c1-14(19)21-13-3-2-4-15-5-7-16(8-6-15)17-9-11-18(20)12-10-17/h2,4-12,20H,3,13H2,1H3. The largest absolute Gasteiger partial charge is 0.508 e. The summed E-state index contributed by atoms with van der Waals surface area (Å²) in [5.74, 6) is 1.11. The Balaban J connectivity index is 1.94.